The Labute approximate surface area is 152 Å². The first-order chi connectivity index (χ1) is 12.0. The minimum Gasteiger partial charge on any atom is -0.312 e. The maximum Gasteiger partial charge on any atom is 0.232 e. The van der Waals surface area contributed by atoms with E-state index in [-0.39, 0.29) is 30.2 Å². The molecule has 1 fully saturated rings. The normalized spacial score (nSPS) is 22.4. The largest absolute Gasteiger partial charge is 0.312 e. The molecule has 25 heavy (non-hydrogen) atoms. The second-order valence-electron chi connectivity index (χ2n) is 6.77. The van der Waals surface area contributed by atoms with E-state index >= 15 is 0 Å². The Morgan fingerprint density at radius 2 is 1.80 bits per heavy atom. The molecule has 4 nitrogen and oxygen atoms in total. The number of fused-ring (bicyclic) bond motifs is 1. The van der Waals surface area contributed by atoms with Crippen LogP contribution in [-0.2, 0) is 16.0 Å². The van der Waals surface area contributed by atoms with E-state index in [9.17, 15) is 9.59 Å². The number of carbonyl (C=O) groups excluding carboxylic acids is 2. The van der Waals surface area contributed by atoms with E-state index in [0.717, 1.165) is 17.8 Å². The van der Waals surface area contributed by atoms with Crippen LogP contribution in [0, 0.1) is 5.92 Å². The number of anilines is 2. The van der Waals surface area contributed by atoms with Crippen LogP contribution in [0.1, 0.15) is 18.9 Å². The van der Waals surface area contributed by atoms with E-state index in [4.69, 9.17) is 11.6 Å². The predicted molar refractivity (Wildman–Crippen MR) is 99.0 cm³/mol. The third kappa shape index (κ3) is 2.81. The number of para-hydroxylation sites is 1. The highest BCUT2D eigenvalue weighted by molar-refractivity contribution is 6.30. The maximum atomic E-state index is 13.1. The molecule has 2 heterocycles. The lowest BCUT2D eigenvalue weighted by Gasteiger charge is -2.26. The van der Waals surface area contributed by atoms with Crippen molar-refractivity contribution in [1.29, 1.82) is 0 Å². The molecule has 5 heteroatoms. The summed E-state index contributed by atoms with van der Waals surface area (Å²) in [6.45, 7) is 2.48. The number of carbonyl (C=O) groups is 2. The fraction of sp³-hybridized carbons (Fsp3) is 0.300. The zero-order chi connectivity index (χ0) is 17.6. The Balaban J connectivity index is 1.56. The van der Waals surface area contributed by atoms with Gasteiger partial charge in [-0.05, 0) is 49.2 Å². The van der Waals surface area contributed by atoms with Gasteiger partial charge < -0.3 is 9.80 Å². The third-order valence-electron chi connectivity index (χ3n) is 5.06. The Morgan fingerprint density at radius 1 is 1.08 bits per heavy atom. The molecule has 2 aromatic carbocycles. The van der Waals surface area contributed by atoms with Gasteiger partial charge in [0.2, 0.25) is 11.8 Å². The first kappa shape index (κ1) is 16.2. The molecule has 0 aliphatic carbocycles. The summed E-state index contributed by atoms with van der Waals surface area (Å²) >= 11 is 5.92. The van der Waals surface area contributed by atoms with Gasteiger partial charge in [-0.2, -0.15) is 0 Å². The van der Waals surface area contributed by atoms with Crippen LogP contribution in [0.2, 0.25) is 5.02 Å². The van der Waals surface area contributed by atoms with Crippen molar-refractivity contribution in [3.8, 4) is 0 Å². The van der Waals surface area contributed by atoms with Crippen LogP contribution < -0.4 is 9.80 Å². The van der Waals surface area contributed by atoms with Gasteiger partial charge in [0.05, 0.1) is 5.92 Å². The molecule has 4 rings (SSSR count). The van der Waals surface area contributed by atoms with Crippen molar-refractivity contribution >= 4 is 34.8 Å². The van der Waals surface area contributed by atoms with Crippen LogP contribution in [0.25, 0.3) is 0 Å². The first-order valence-corrected chi connectivity index (χ1v) is 8.89. The van der Waals surface area contributed by atoms with E-state index in [2.05, 4.69) is 13.0 Å². The highest BCUT2D eigenvalue weighted by Gasteiger charge is 2.40. The van der Waals surface area contributed by atoms with Gasteiger partial charge in [-0.1, -0.05) is 29.8 Å². The summed E-state index contributed by atoms with van der Waals surface area (Å²) in [4.78, 5) is 29.1. The number of amides is 2. The average Bonchev–Trinajstić information content (AvgIpc) is 3.14. The minimum atomic E-state index is -0.309. The molecule has 0 saturated carbocycles. The molecule has 128 valence electrons. The molecule has 0 N–H and O–H groups in total. The molecule has 0 aromatic heterocycles. The predicted octanol–water partition coefficient (Wildman–Crippen LogP) is 3.67. The van der Waals surface area contributed by atoms with E-state index in [0.29, 0.717) is 11.6 Å². The van der Waals surface area contributed by atoms with Gasteiger partial charge in [0, 0.05) is 35.4 Å². The third-order valence-corrected chi connectivity index (χ3v) is 5.31. The van der Waals surface area contributed by atoms with Crippen molar-refractivity contribution in [3.63, 3.8) is 0 Å². The van der Waals surface area contributed by atoms with Crippen molar-refractivity contribution < 1.29 is 9.59 Å². The van der Waals surface area contributed by atoms with Crippen molar-refractivity contribution in [2.24, 2.45) is 5.92 Å². The van der Waals surface area contributed by atoms with Gasteiger partial charge in [-0.15, -0.1) is 0 Å². The lowest BCUT2D eigenvalue weighted by atomic mass is 10.1. The van der Waals surface area contributed by atoms with Crippen LogP contribution >= 0.6 is 11.6 Å². The zero-order valence-electron chi connectivity index (χ0n) is 14.0. The van der Waals surface area contributed by atoms with Gasteiger partial charge in [0.25, 0.3) is 0 Å². The monoisotopic (exact) mass is 354 g/mol. The molecule has 0 bridgehead atoms. The Hall–Kier alpha value is -2.33. The fourth-order valence-electron chi connectivity index (χ4n) is 3.84. The molecule has 0 radical (unpaired) electrons. The summed E-state index contributed by atoms with van der Waals surface area (Å²) in [5.74, 6) is -0.278. The van der Waals surface area contributed by atoms with Crippen LogP contribution in [0.3, 0.4) is 0 Å². The molecule has 2 amide bonds. The van der Waals surface area contributed by atoms with Gasteiger partial charge in [-0.25, -0.2) is 0 Å². The number of hydrogen-bond donors (Lipinski definition) is 0. The Morgan fingerprint density at radius 3 is 2.56 bits per heavy atom. The van der Waals surface area contributed by atoms with Gasteiger partial charge in [-0.3, -0.25) is 9.59 Å². The molecular formula is C20H19ClN2O2. The number of nitrogens with zero attached hydrogens (tertiary/aromatic N) is 2. The molecule has 2 atom stereocenters. The Bertz CT molecular complexity index is 834. The van der Waals surface area contributed by atoms with Gasteiger partial charge >= 0.3 is 0 Å². The fourth-order valence-corrected chi connectivity index (χ4v) is 3.97. The number of halogens is 1. The van der Waals surface area contributed by atoms with Crippen molar-refractivity contribution in [3.05, 3.63) is 59.1 Å². The van der Waals surface area contributed by atoms with Crippen molar-refractivity contribution in [1.82, 2.24) is 0 Å². The summed E-state index contributed by atoms with van der Waals surface area (Å²) in [7, 11) is 0. The smallest absolute Gasteiger partial charge is 0.232 e. The summed E-state index contributed by atoms with van der Waals surface area (Å²) in [6, 6.07) is 15.3. The van der Waals surface area contributed by atoms with E-state index < -0.39 is 0 Å². The number of benzene rings is 2. The van der Waals surface area contributed by atoms with E-state index in [1.54, 1.807) is 17.0 Å². The second kappa shape index (κ2) is 6.19. The maximum absolute atomic E-state index is 13.1. The second-order valence-corrected chi connectivity index (χ2v) is 7.21. The zero-order valence-corrected chi connectivity index (χ0v) is 14.7. The SMILES string of the molecule is C[C@@H]1Cc2ccccc2N1C(=O)[C@H]1CC(=O)N(c2ccc(Cl)cc2)C1. The van der Waals surface area contributed by atoms with Crippen molar-refractivity contribution in [2.75, 3.05) is 16.3 Å². The van der Waals surface area contributed by atoms with Crippen LogP contribution in [-0.4, -0.2) is 24.4 Å². The minimum absolute atomic E-state index is 0.0131. The van der Waals surface area contributed by atoms with Crippen LogP contribution in [0.15, 0.2) is 48.5 Å². The number of rotatable bonds is 2. The van der Waals surface area contributed by atoms with Gasteiger partial charge in [0.1, 0.15) is 0 Å². The molecule has 2 aliphatic rings. The average molecular weight is 355 g/mol. The van der Waals surface area contributed by atoms with Crippen molar-refractivity contribution in [2.45, 2.75) is 25.8 Å². The summed E-state index contributed by atoms with van der Waals surface area (Å²) in [5, 5.41) is 0.630. The molecule has 0 unspecified atom stereocenters. The number of hydrogen-bond acceptors (Lipinski definition) is 2. The lowest BCUT2D eigenvalue weighted by molar-refractivity contribution is -0.124. The lowest BCUT2D eigenvalue weighted by Crippen LogP contribution is -2.41. The molecule has 2 aromatic rings. The topological polar surface area (TPSA) is 40.6 Å². The summed E-state index contributed by atoms with van der Waals surface area (Å²) in [6.07, 6.45) is 1.12. The molecule has 2 aliphatic heterocycles. The Kier molecular flexibility index (Phi) is 4.00. The molecule has 0 spiro atoms. The first-order valence-electron chi connectivity index (χ1n) is 8.51. The van der Waals surface area contributed by atoms with Gasteiger partial charge in [0.15, 0.2) is 0 Å². The highest BCUT2D eigenvalue weighted by atomic mass is 35.5. The highest BCUT2D eigenvalue weighted by Crippen LogP contribution is 2.35. The summed E-state index contributed by atoms with van der Waals surface area (Å²) < 4.78 is 0. The van der Waals surface area contributed by atoms with Crippen LogP contribution in [0.5, 0.6) is 0 Å². The standard InChI is InChI=1S/C20H19ClN2O2/c1-13-10-14-4-2-3-5-18(14)23(13)20(25)15-11-19(24)22(12-15)17-8-6-16(21)7-9-17/h2-9,13,15H,10-12H2,1H3/t13-,15+/m1/s1. The summed E-state index contributed by atoms with van der Waals surface area (Å²) in [5.41, 5.74) is 2.97. The van der Waals surface area contributed by atoms with E-state index in [1.165, 1.54) is 5.56 Å². The van der Waals surface area contributed by atoms with Crippen LogP contribution in [0.4, 0.5) is 11.4 Å². The molecular weight excluding hydrogens is 336 g/mol. The van der Waals surface area contributed by atoms with E-state index in [1.807, 2.05) is 35.2 Å². The molecule has 1 saturated heterocycles. The quantitative estimate of drug-likeness (QED) is 0.825.